The third-order valence-corrected chi connectivity index (χ3v) is 5.45. The van der Waals surface area contributed by atoms with Gasteiger partial charge in [-0.25, -0.2) is 9.50 Å². The Morgan fingerprint density at radius 1 is 1.26 bits per heavy atom. The van der Waals surface area contributed by atoms with Crippen molar-refractivity contribution >= 4 is 22.5 Å². The van der Waals surface area contributed by atoms with Gasteiger partial charge in [0.25, 0.3) is 0 Å². The third kappa shape index (κ3) is 2.60. The average molecular weight is 359 g/mol. The molecule has 1 aromatic carbocycles. The Morgan fingerprint density at radius 2 is 2.11 bits per heavy atom. The molecule has 5 rings (SSSR count). The molecule has 0 radical (unpaired) electrons. The fourth-order valence-electron chi connectivity index (χ4n) is 4.11. The molecule has 0 fully saturated rings. The number of carbonyl (C=O) groups is 1. The predicted octanol–water partition coefficient (Wildman–Crippen LogP) is 2.66. The van der Waals surface area contributed by atoms with E-state index in [2.05, 4.69) is 33.0 Å². The molecule has 27 heavy (non-hydrogen) atoms. The Balaban J connectivity index is 1.41. The molecule has 1 aliphatic heterocycles. The smallest absolute Gasteiger partial charge is 0.227 e. The van der Waals surface area contributed by atoms with Crippen LogP contribution < -0.4 is 0 Å². The minimum absolute atomic E-state index is 0.161. The molecule has 6 nitrogen and oxygen atoms in total. The van der Waals surface area contributed by atoms with Crippen molar-refractivity contribution in [2.45, 2.75) is 26.3 Å². The number of rotatable bonds is 2. The van der Waals surface area contributed by atoms with E-state index in [4.69, 9.17) is 0 Å². The van der Waals surface area contributed by atoms with Gasteiger partial charge < -0.3 is 9.47 Å². The highest BCUT2D eigenvalue weighted by Gasteiger charge is 2.24. The number of hydrogen-bond donors (Lipinski definition) is 0. The van der Waals surface area contributed by atoms with Crippen LogP contribution in [0.1, 0.15) is 22.5 Å². The van der Waals surface area contributed by atoms with Crippen molar-refractivity contribution in [1.82, 2.24) is 24.1 Å². The largest absolute Gasteiger partial charge is 0.350 e. The van der Waals surface area contributed by atoms with E-state index >= 15 is 0 Å². The van der Waals surface area contributed by atoms with E-state index in [1.807, 2.05) is 47.8 Å². The summed E-state index contributed by atoms with van der Waals surface area (Å²) in [7, 11) is 2.02. The molecule has 0 aliphatic carbocycles. The zero-order chi connectivity index (χ0) is 18.5. The molecule has 4 aromatic rings. The summed E-state index contributed by atoms with van der Waals surface area (Å²) in [5, 5.41) is 5.70. The van der Waals surface area contributed by atoms with E-state index in [-0.39, 0.29) is 5.91 Å². The summed E-state index contributed by atoms with van der Waals surface area (Å²) in [6.07, 6.45) is 5.19. The van der Waals surface area contributed by atoms with Crippen LogP contribution in [0.25, 0.3) is 16.6 Å². The zero-order valence-corrected chi connectivity index (χ0v) is 15.5. The first kappa shape index (κ1) is 16.1. The lowest BCUT2D eigenvalue weighted by atomic mass is 10.1. The summed E-state index contributed by atoms with van der Waals surface area (Å²) in [5.74, 6) is 0.161. The minimum atomic E-state index is 0.161. The van der Waals surface area contributed by atoms with Crippen molar-refractivity contribution < 1.29 is 4.79 Å². The molecule has 0 spiro atoms. The second kappa shape index (κ2) is 5.94. The van der Waals surface area contributed by atoms with Gasteiger partial charge in [-0.15, -0.1) is 0 Å². The maximum absolute atomic E-state index is 13.0. The quantitative estimate of drug-likeness (QED) is 0.553. The van der Waals surface area contributed by atoms with Crippen LogP contribution in [0.3, 0.4) is 0 Å². The highest BCUT2D eigenvalue weighted by molar-refractivity contribution is 5.89. The Hall–Kier alpha value is -3.15. The monoisotopic (exact) mass is 359 g/mol. The summed E-state index contributed by atoms with van der Waals surface area (Å²) in [6, 6.07) is 10.2. The molecule has 0 bridgehead atoms. The van der Waals surface area contributed by atoms with E-state index in [1.165, 1.54) is 5.69 Å². The lowest BCUT2D eigenvalue weighted by molar-refractivity contribution is -0.131. The average Bonchev–Trinajstić information content (AvgIpc) is 3.21. The van der Waals surface area contributed by atoms with E-state index in [1.54, 1.807) is 0 Å². The SMILES string of the molecule is Cc1cc2ncc3c(n2n1)CCN(C(=O)Cc1cn(C)c2ccccc12)C3. The van der Waals surface area contributed by atoms with Crippen LogP contribution in [0.2, 0.25) is 0 Å². The predicted molar refractivity (Wildman–Crippen MR) is 103 cm³/mol. The van der Waals surface area contributed by atoms with Gasteiger partial charge in [0, 0.05) is 61.5 Å². The minimum Gasteiger partial charge on any atom is -0.350 e. The third-order valence-electron chi connectivity index (χ3n) is 5.45. The molecule has 1 aliphatic rings. The number of fused-ring (bicyclic) bond motifs is 4. The maximum atomic E-state index is 13.0. The lowest BCUT2D eigenvalue weighted by Gasteiger charge is -2.28. The van der Waals surface area contributed by atoms with Crippen molar-refractivity contribution in [3.63, 3.8) is 0 Å². The number of aromatic nitrogens is 4. The second-order valence-electron chi connectivity index (χ2n) is 7.31. The molecular weight excluding hydrogens is 338 g/mol. The van der Waals surface area contributed by atoms with E-state index in [9.17, 15) is 4.79 Å². The lowest BCUT2D eigenvalue weighted by Crippen LogP contribution is -2.37. The molecule has 1 amide bonds. The first-order valence-corrected chi connectivity index (χ1v) is 9.24. The van der Waals surface area contributed by atoms with Crippen LogP contribution >= 0.6 is 0 Å². The van der Waals surface area contributed by atoms with Crippen molar-refractivity contribution in [1.29, 1.82) is 0 Å². The molecule has 0 saturated heterocycles. The first-order valence-electron chi connectivity index (χ1n) is 9.24. The molecule has 0 N–H and O–H groups in total. The van der Waals surface area contributed by atoms with Gasteiger partial charge in [-0.1, -0.05) is 18.2 Å². The second-order valence-corrected chi connectivity index (χ2v) is 7.31. The number of benzene rings is 1. The summed E-state index contributed by atoms with van der Waals surface area (Å²) in [6.45, 7) is 3.29. The van der Waals surface area contributed by atoms with Gasteiger partial charge in [-0.05, 0) is 18.6 Å². The van der Waals surface area contributed by atoms with Gasteiger partial charge in [0.1, 0.15) is 0 Å². The molecule has 0 unspecified atom stereocenters. The number of aryl methyl sites for hydroxylation is 2. The summed E-state index contributed by atoms with van der Waals surface area (Å²) >= 11 is 0. The Kier molecular flexibility index (Phi) is 3.53. The van der Waals surface area contributed by atoms with Crippen LogP contribution in [0.15, 0.2) is 42.7 Å². The van der Waals surface area contributed by atoms with Crippen LogP contribution in [0, 0.1) is 6.92 Å². The zero-order valence-electron chi connectivity index (χ0n) is 15.5. The summed E-state index contributed by atoms with van der Waals surface area (Å²) < 4.78 is 4.02. The molecule has 0 atom stereocenters. The Labute approximate surface area is 157 Å². The topological polar surface area (TPSA) is 55.4 Å². The van der Waals surface area contributed by atoms with E-state index < -0.39 is 0 Å². The Morgan fingerprint density at radius 3 is 3.00 bits per heavy atom. The van der Waals surface area contributed by atoms with E-state index in [0.29, 0.717) is 19.5 Å². The van der Waals surface area contributed by atoms with Gasteiger partial charge >= 0.3 is 0 Å². The molecule has 3 aromatic heterocycles. The van der Waals surface area contributed by atoms with Crippen LogP contribution in [0.5, 0.6) is 0 Å². The fourth-order valence-corrected chi connectivity index (χ4v) is 4.11. The number of carbonyl (C=O) groups excluding carboxylic acids is 1. The van der Waals surface area contributed by atoms with Crippen molar-refractivity contribution in [2.24, 2.45) is 7.05 Å². The highest BCUT2D eigenvalue weighted by Crippen LogP contribution is 2.24. The van der Waals surface area contributed by atoms with Crippen molar-refractivity contribution in [2.75, 3.05) is 6.54 Å². The van der Waals surface area contributed by atoms with Crippen LogP contribution in [-0.4, -0.2) is 36.5 Å². The van der Waals surface area contributed by atoms with Gasteiger partial charge in [0.05, 0.1) is 17.8 Å². The summed E-state index contributed by atoms with van der Waals surface area (Å²) in [5.41, 5.74) is 6.34. The molecular formula is C21H21N5O. The van der Waals surface area contributed by atoms with Gasteiger partial charge in [0.2, 0.25) is 5.91 Å². The molecule has 4 heterocycles. The van der Waals surface area contributed by atoms with Gasteiger partial charge in [-0.2, -0.15) is 5.10 Å². The standard InChI is InChI=1S/C21H21N5O/c1-14-9-20-22-11-16-13-25(8-7-18(16)26(20)23-14)21(27)10-15-12-24(2)19-6-4-3-5-17(15)19/h3-6,9,11-12H,7-8,10,13H2,1-2H3. The van der Waals surface area contributed by atoms with E-state index in [0.717, 1.165) is 39.8 Å². The number of hydrogen-bond acceptors (Lipinski definition) is 3. The number of para-hydroxylation sites is 1. The molecule has 136 valence electrons. The Bertz CT molecular complexity index is 1190. The van der Waals surface area contributed by atoms with Gasteiger partial charge in [0.15, 0.2) is 5.65 Å². The molecule has 6 heteroatoms. The summed E-state index contributed by atoms with van der Waals surface area (Å²) in [4.78, 5) is 19.4. The van der Waals surface area contributed by atoms with Crippen LogP contribution in [-0.2, 0) is 31.2 Å². The normalized spacial score (nSPS) is 14.1. The first-order chi connectivity index (χ1) is 13.1. The maximum Gasteiger partial charge on any atom is 0.227 e. The highest BCUT2D eigenvalue weighted by atomic mass is 16.2. The van der Waals surface area contributed by atoms with Crippen LogP contribution in [0.4, 0.5) is 0 Å². The number of amides is 1. The molecule has 0 saturated carbocycles. The number of nitrogens with zero attached hydrogens (tertiary/aromatic N) is 5. The van der Waals surface area contributed by atoms with Crippen molar-refractivity contribution in [3.05, 3.63) is 65.2 Å². The van der Waals surface area contributed by atoms with Gasteiger partial charge in [-0.3, -0.25) is 4.79 Å². The fraction of sp³-hybridized carbons (Fsp3) is 0.286. The van der Waals surface area contributed by atoms with Crippen molar-refractivity contribution in [3.8, 4) is 0 Å².